The first-order chi connectivity index (χ1) is 7.65. The lowest BCUT2D eigenvalue weighted by atomic mass is 10.1. The van der Waals surface area contributed by atoms with Crippen molar-refractivity contribution in [2.24, 2.45) is 0 Å². The van der Waals surface area contributed by atoms with E-state index in [2.05, 4.69) is 15.0 Å². The number of aromatic amines is 2. The van der Waals surface area contributed by atoms with Gasteiger partial charge in [-0.05, 0) is 30.8 Å². The van der Waals surface area contributed by atoms with Crippen LogP contribution in [0, 0.1) is 11.7 Å². The molecule has 0 aromatic carbocycles. The van der Waals surface area contributed by atoms with Crippen LogP contribution in [-0.2, 0) is 6.42 Å². The largest absolute Gasteiger partial charge is 0.338 e. The van der Waals surface area contributed by atoms with E-state index < -0.39 is 0 Å². The fraction of sp³-hybridized carbons (Fsp3) is 0.182. The van der Waals surface area contributed by atoms with Crippen LogP contribution in [0.25, 0.3) is 0 Å². The van der Waals surface area contributed by atoms with Crippen molar-refractivity contribution in [1.29, 1.82) is 0 Å². The third-order valence-electron chi connectivity index (χ3n) is 2.26. The molecule has 4 nitrogen and oxygen atoms in total. The molecule has 0 radical (unpaired) electrons. The molecule has 0 amide bonds. The van der Waals surface area contributed by atoms with Crippen molar-refractivity contribution in [3.63, 3.8) is 0 Å². The predicted octanol–water partition coefficient (Wildman–Crippen LogP) is 1.73. The molecule has 2 heterocycles. The van der Waals surface area contributed by atoms with Gasteiger partial charge < -0.3 is 4.98 Å². The molecule has 0 unspecified atom stereocenters. The molecule has 16 heavy (non-hydrogen) atoms. The molecular weight excluding hydrogens is 222 g/mol. The quantitative estimate of drug-likeness (QED) is 0.776. The second-order valence-electron chi connectivity index (χ2n) is 3.58. The monoisotopic (exact) mass is 233 g/mol. The Morgan fingerprint density at radius 1 is 1.44 bits per heavy atom. The van der Waals surface area contributed by atoms with Crippen LogP contribution in [0.4, 0.5) is 0 Å². The Hall–Kier alpha value is -1.75. The van der Waals surface area contributed by atoms with Crippen molar-refractivity contribution in [2.75, 3.05) is 0 Å². The highest BCUT2D eigenvalue weighted by molar-refractivity contribution is 7.71. The molecule has 0 atom stereocenters. The Kier molecular flexibility index (Phi) is 2.96. The first kappa shape index (κ1) is 10.8. The van der Waals surface area contributed by atoms with Gasteiger partial charge in [-0.15, -0.1) is 0 Å². The summed E-state index contributed by atoms with van der Waals surface area (Å²) < 4.78 is 0.343. The molecule has 0 aliphatic carbocycles. The number of rotatable bonds is 2. The molecule has 0 saturated heterocycles. The first-order valence-corrected chi connectivity index (χ1v) is 5.28. The summed E-state index contributed by atoms with van der Waals surface area (Å²) in [6.45, 7) is 1.93. The lowest BCUT2D eigenvalue weighted by Crippen LogP contribution is -2.13. The van der Waals surface area contributed by atoms with Gasteiger partial charge in [0.25, 0.3) is 5.56 Å². The molecule has 0 fully saturated rings. The van der Waals surface area contributed by atoms with Crippen LogP contribution < -0.4 is 5.56 Å². The Morgan fingerprint density at radius 2 is 2.25 bits per heavy atom. The van der Waals surface area contributed by atoms with E-state index in [-0.39, 0.29) is 5.56 Å². The number of hydrogen-bond donors (Lipinski definition) is 2. The van der Waals surface area contributed by atoms with E-state index in [1.54, 1.807) is 12.4 Å². The molecule has 0 aliphatic heterocycles. The Labute approximate surface area is 97.4 Å². The summed E-state index contributed by atoms with van der Waals surface area (Å²) in [7, 11) is 0. The van der Waals surface area contributed by atoms with Crippen molar-refractivity contribution < 1.29 is 0 Å². The van der Waals surface area contributed by atoms with Gasteiger partial charge in [0.15, 0.2) is 4.77 Å². The summed E-state index contributed by atoms with van der Waals surface area (Å²) in [5.41, 5.74) is 2.47. The fourth-order valence-electron chi connectivity index (χ4n) is 1.39. The molecule has 0 spiro atoms. The van der Waals surface area contributed by atoms with Gasteiger partial charge in [0.05, 0.1) is 0 Å². The second-order valence-corrected chi connectivity index (χ2v) is 3.99. The van der Waals surface area contributed by atoms with Gasteiger partial charge in [-0.3, -0.25) is 14.8 Å². The third-order valence-corrected chi connectivity index (χ3v) is 2.48. The number of nitrogens with zero attached hydrogens (tertiary/aromatic N) is 1. The summed E-state index contributed by atoms with van der Waals surface area (Å²) >= 11 is 4.82. The van der Waals surface area contributed by atoms with E-state index in [4.69, 9.17) is 12.2 Å². The van der Waals surface area contributed by atoms with Crippen molar-refractivity contribution in [3.05, 3.63) is 56.5 Å². The third kappa shape index (κ3) is 2.43. The summed E-state index contributed by atoms with van der Waals surface area (Å²) in [4.78, 5) is 21.1. The Balaban J connectivity index is 2.30. The fourth-order valence-corrected chi connectivity index (χ4v) is 1.54. The molecule has 0 bridgehead atoms. The van der Waals surface area contributed by atoms with Crippen molar-refractivity contribution in [1.82, 2.24) is 15.0 Å². The maximum Gasteiger partial charge on any atom is 0.255 e. The second kappa shape index (κ2) is 4.40. The summed E-state index contributed by atoms with van der Waals surface area (Å²) in [6.07, 6.45) is 3.96. The van der Waals surface area contributed by atoms with Gasteiger partial charge in [-0.2, -0.15) is 0 Å². The van der Waals surface area contributed by atoms with Crippen LogP contribution in [0.3, 0.4) is 0 Å². The first-order valence-electron chi connectivity index (χ1n) is 4.87. The average Bonchev–Trinajstić information content (AvgIpc) is 2.25. The number of hydrogen-bond acceptors (Lipinski definition) is 3. The minimum atomic E-state index is -0.149. The van der Waals surface area contributed by atoms with Crippen molar-refractivity contribution >= 4 is 12.2 Å². The molecule has 2 N–H and O–H groups in total. The topological polar surface area (TPSA) is 61.5 Å². The van der Waals surface area contributed by atoms with Gasteiger partial charge in [-0.25, -0.2) is 0 Å². The molecule has 0 saturated carbocycles. The van der Waals surface area contributed by atoms with Crippen LogP contribution in [0.15, 0.2) is 29.3 Å². The van der Waals surface area contributed by atoms with Gasteiger partial charge in [0.1, 0.15) is 0 Å². The van der Waals surface area contributed by atoms with E-state index in [1.807, 2.05) is 19.1 Å². The highest BCUT2D eigenvalue weighted by Gasteiger charge is 2.01. The lowest BCUT2D eigenvalue weighted by molar-refractivity contribution is 0.999. The molecule has 5 heteroatoms. The molecule has 0 aliphatic rings. The predicted molar refractivity (Wildman–Crippen MR) is 64.0 cm³/mol. The Morgan fingerprint density at radius 3 is 2.88 bits per heavy atom. The summed E-state index contributed by atoms with van der Waals surface area (Å²) in [6, 6.07) is 3.89. The highest BCUT2D eigenvalue weighted by Crippen LogP contribution is 2.04. The number of aryl methyl sites for hydroxylation is 1. The molecule has 82 valence electrons. The Bertz CT molecular complexity index is 598. The molecular formula is C11H11N3OS. The average molecular weight is 233 g/mol. The van der Waals surface area contributed by atoms with Gasteiger partial charge in [0, 0.05) is 30.1 Å². The van der Waals surface area contributed by atoms with E-state index >= 15 is 0 Å². The van der Waals surface area contributed by atoms with Crippen LogP contribution in [0.5, 0.6) is 0 Å². The van der Waals surface area contributed by atoms with E-state index in [1.165, 1.54) is 0 Å². The number of aromatic nitrogens is 3. The van der Waals surface area contributed by atoms with E-state index in [0.717, 1.165) is 11.3 Å². The summed E-state index contributed by atoms with van der Waals surface area (Å²) in [5, 5.41) is 0. The van der Waals surface area contributed by atoms with Crippen LogP contribution in [-0.4, -0.2) is 15.0 Å². The van der Waals surface area contributed by atoms with E-state index in [9.17, 15) is 4.79 Å². The lowest BCUT2D eigenvalue weighted by Gasteiger charge is -2.00. The SMILES string of the molecule is Cc1ccc(Cc2c[nH]c(=S)[nH]c2=O)cn1. The number of nitrogens with one attached hydrogen (secondary N) is 2. The molecule has 2 aromatic heterocycles. The number of pyridine rings is 1. The maximum absolute atomic E-state index is 11.5. The van der Waals surface area contributed by atoms with Gasteiger partial charge in [-0.1, -0.05) is 6.07 Å². The van der Waals surface area contributed by atoms with Crippen LogP contribution in [0.2, 0.25) is 0 Å². The zero-order valence-corrected chi connectivity index (χ0v) is 9.60. The smallest absolute Gasteiger partial charge is 0.255 e. The zero-order valence-electron chi connectivity index (χ0n) is 8.78. The van der Waals surface area contributed by atoms with Crippen molar-refractivity contribution in [2.45, 2.75) is 13.3 Å². The van der Waals surface area contributed by atoms with Gasteiger partial charge in [0.2, 0.25) is 0 Å². The van der Waals surface area contributed by atoms with E-state index in [0.29, 0.717) is 16.8 Å². The minimum absolute atomic E-state index is 0.149. The normalized spacial score (nSPS) is 10.3. The van der Waals surface area contributed by atoms with Gasteiger partial charge >= 0.3 is 0 Å². The molecule has 2 aromatic rings. The van der Waals surface area contributed by atoms with Crippen molar-refractivity contribution in [3.8, 4) is 0 Å². The van der Waals surface area contributed by atoms with Crippen LogP contribution >= 0.6 is 12.2 Å². The standard InChI is InChI=1S/C11H11N3OS/c1-7-2-3-8(5-12-7)4-9-6-13-11(16)14-10(9)15/h2-3,5-6H,4H2,1H3,(H2,13,14,15,16). The highest BCUT2D eigenvalue weighted by atomic mass is 32.1. The summed E-state index contributed by atoms with van der Waals surface area (Å²) in [5.74, 6) is 0. The number of H-pyrrole nitrogens is 2. The maximum atomic E-state index is 11.5. The minimum Gasteiger partial charge on any atom is -0.338 e. The van der Waals surface area contributed by atoms with Crippen LogP contribution in [0.1, 0.15) is 16.8 Å². The molecule has 2 rings (SSSR count). The zero-order chi connectivity index (χ0) is 11.5.